The van der Waals surface area contributed by atoms with E-state index in [-0.39, 0.29) is 0 Å². The van der Waals surface area contributed by atoms with E-state index in [4.69, 9.17) is 0 Å². The van der Waals surface area contributed by atoms with Gasteiger partial charge in [-0.1, -0.05) is 0 Å². The molecule has 0 bridgehead atoms. The zero-order chi connectivity index (χ0) is 10.4. The number of halogens is 2. The van der Waals surface area contributed by atoms with E-state index in [1.807, 2.05) is 0 Å². The molecule has 1 heterocycles. The van der Waals surface area contributed by atoms with Crippen LogP contribution >= 0.6 is 0 Å². The molecule has 1 N–H and O–H groups in total. The minimum atomic E-state index is -0.755. The van der Waals surface area contributed by atoms with E-state index in [1.54, 1.807) is 6.07 Å². The van der Waals surface area contributed by atoms with Gasteiger partial charge in [0.2, 0.25) is 0 Å². The molecule has 0 fully saturated rings. The molecule has 0 unspecified atom stereocenters. The Hall–Kier alpha value is -1.38. The third-order valence-electron chi connectivity index (χ3n) is 3.15. The van der Waals surface area contributed by atoms with Crippen LogP contribution in [0.4, 0.5) is 8.78 Å². The molecular formula is C12H11F2N. The van der Waals surface area contributed by atoms with Crippen molar-refractivity contribution in [1.82, 2.24) is 4.98 Å². The second-order valence-electron chi connectivity index (χ2n) is 4.07. The Morgan fingerprint density at radius 2 is 1.87 bits per heavy atom. The van der Waals surface area contributed by atoms with Gasteiger partial charge in [0.05, 0.1) is 0 Å². The van der Waals surface area contributed by atoms with Gasteiger partial charge in [-0.3, -0.25) is 0 Å². The van der Waals surface area contributed by atoms with Crippen molar-refractivity contribution < 1.29 is 8.78 Å². The molecule has 78 valence electrons. The highest BCUT2D eigenvalue weighted by atomic mass is 19.2. The first-order valence-corrected chi connectivity index (χ1v) is 5.25. The summed E-state index contributed by atoms with van der Waals surface area (Å²) in [6.07, 6.45) is 4.00. The van der Waals surface area contributed by atoms with Gasteiger partial charge < -0.3 is 4.98 Å². The molecule has 1 aliphatic rings. The molecule has 0 saturated heterocycles. The van der Waals surface area contributed by atoms with E-state index in [9.17, 15) is 8.78 Å². The van der Waals surface area contributed by atoms with Gasteiger partial charge in [0.15, 0.2) is 11.6 Å². The summed E-state index contributed by atoms with van der Waals surface area (Å²) in [4.78, 5) is 3.18. The number of aromatic nitrogens is 1. The monoisotopic (exact) mass is 207 g/mol. The maximum absolute atomic E-state index is 13.6. The number of aromatic amines is 1. The quantitative estimate of drug-likeness (QED) is 0.682. The van der Waals surface area contributed by atoms with Crippen LogP contribution in [0.25, 0.3) is 10.9 Å². The van der Waals surface area contributed by atoms with E-state index in [1.165, 1.54) is 6.07 Å². The number of fused-ring (bicyclic) bond motifs is 3. The Morgan fingerprint density at radius 1 is 1.07 bits per heavy atom. The molecule has 1 nitrogen and oxygen atoms in total. The van der Waals surface area contributed by atoms with Gasteiger partial charge in [-0.15, -0.1) is 0 Å². The summed E-state index contributed by atoms with van der Waals surface area (Å²) in [7, 11) is 0. The lowest BCUT2D eigenvalue weighted by Crippen LogP contribution is -2.00. The predicted octanol–water partition coefficient (Wildman–Crippen LogP) is 3.32. The number of hydrogen-bond donors (Lipinski definition) is 1. The first-order chi connectivity index (χ1) is 7.27. The van der Waals surface area contributed by atoms with Crippen LogP contribution in [0.3, 0.4) is 0 Å². The van der Waals surface area contributed by atoms with Gasteiger partial charge in [-0.2, -0.15) is 0 Å². The molecule has 3 rings (SSSR count). The first-order valence-electron chi connectivity index (χ1n) is 5.25. The zero-order valence-electron chi connectivity index (χ0n) is 8.24. The minimum Gasteiger partial charge on any atom is -0.358 e. The van der Waals surface area contributed by atoms with Crippen molar-refractivity contribution in [3.63, 3.8) is 0 Å². The molecule has 2 aromatic rings. The Kier molecular flexibility index (Phi) is 1.81. The van der Waals surface area contributed by atoms with Crippen LogP contribution in [0.2, 0.25) is 0 Å². The molecule has 1 aromatic heterocycles. The number of H-pyrrole nitrogens is 1. The fraction of sp³-hybridized carbons (Fsp3) is 0.333. The third kappa shape index (κ3) is 1.19. The molecule has 3 heteroatoms. The number of hydrogen-bond acceptors (Lipinski definition) is 0. The number of nitrogens with one attached hydrogen (secondary N) is 1. The summed E-state index contributed by atoms with van der Waals surface area (Å²) < 4.78 is 26.7. The average Bonchev–Trinajstić information content (AvgIpc) is 2.62. The molecular weight excluding hydrogens is 196 g/mol. The Bertz CT molecular complexity index is 528. The highest BCUT2D eigenvalue weighted by Gasteiger charge is 2.19. The van der Waals surface area contributed by atoms with Gasteiger partial charge in [0.1, 0.15) is 0 Å². The van der Waals surface area contributed by atoms with Crippen molar-refractivity contribution in [2.45, 2.75) is 25.7 Å². The SMILES string of the molecule is Fc1ccc2[nH]c3c(c2c1F)CCCC3. The fourth-order valence-electron chi connectivity index (χ4n) is 2.43. The molecule has 0 amide bonds. The van der Waals surface area contributed by atoms with Crippen LogP contribution in [-0.4, -0.2) is 4.98 Å². The Morgan fingerprint density at radius 3 is 2.73 bits per heavy atom. The lowest BCUT2D eigenvalue weighted by molar-refractivity contribution is 0.516. The number of benzene rings is 1. The second-order valence-corrected chi connectivity index (χ2v) is 4.07. The molecule has 0 aliphatic heterocycles. The van der Waals surface area contributed by atoms with Gasteiger partial charge in [0, 0.05) is 16.6 Å². The lowest BCUT2D eigenvalue weighted by Gasteiger charge is -2.10. The molecule has 1 aromatic carbocycles. The summed E-state index contributed by atoms with van der Waals surface area (Å²) in [5, 5.41) is 0.463. The Labute approximate surface area is 86.1 Å². The van der Waals surface area contributed by atoms with E-state index in [2.05, 4.69) is 4.98 Å². The summed E-state index contributed by atoms with van der Waals surface area (Å²) in [6, 6.07) is 2.80. The van der Waals surface area contributed by atoms with Crippen molar-refractivity contribution in [2.24, 2.45) is 0 Å². The molecule has 1 aliphatic carbocycles. The van der Waals surface area contributed by atoms with E-state index in [0.29, 0.717) is 5.39 Å². The molecule has 15 heavy (non-hydrogen) atoms. The second kappa shape index (κ2) is 3.05. The smallest absolute Gasteiger partial charge is 0.168 e. The Balaban J connectivity index is 2.39. The highest BCUT2D eigenvalue weighted by Crippen LogP contribution is 2.31. The standard InChI is InChI=1S/C12H11F2N/c13-8-5-6-10-11(12(8)14)7-3-1-2-4-9(7)15-10/h5-6,15H,1-4H2. The largest absolute Gasteiger partial charge is 0.358 e. The maximum Gasteiger partial charge on any atom is 0.168 e. The van der Waals surface area contributed by atoms with Gasteiger partial charge in [0.25, 0.3) is 0 Å². The number of rotatable bonds is 0. The summed E-state index contributed by atoms with van der Waals surface area (Å²) in [5.41, 5.74) is 2.79. The summed E-state index contributed by atoms with van der Waals surface area (Å²) >= 11 is 0. The molecule has 0 saturated carbocycles. The van der Waals surface area contributed by atoms with Gasteiger partial charge >= 0.3 is 0 Å². The minimum absolute atomic E-state index is 0.463. The van der Waals surface area contributed by atoms with Crippen LogP contribution in [0.1, 0.15) is 24.1 Å². The lowest BCUT2D eigenvalue weighted by atomic mass is 9.95. The van der Waals surface area contributed by atoms with E-state index >= 15 is 0 Å². The van der Waals surface area contributed by atoms with Crippen molar-refractivity contribution in [3.05, 3.63) is 35.0 Å². The summed E-state index contributed by atoms with van der Waals surface area (Å²) in [5.74, 6) is -1.46. The van der Waals surface area contributed by atoms with Crippen LogP contribution in [0, 0.1) is 11.6 Å². The number of aryl methyl sites for hydroxylation is 2. The fourth-order valence-corrected chi connectivity index (χ4v) is 2.43. The zero-order valence-corrected chi connectivity index (χ0v) is 8.24. The summed E-state index contributed by atoms with van der Waals surface area (Å²) in [6.45, 7) is 0. The normalized spacial score (nSPS) is 15.6. The molecule has 0 spiro atoms. The van der Waals surface area contributed by atoms with E-state index in [0.717, 1.165) is 42.5 Å². The topological polar surface area (TPSA) is 15.8 Å². The van der Waals surface area contributed by atoms with Gasteiger partial charge in [-0.25, -0.2) is 8.78 Å². The van der Waals surface area contributed by atoms with Gasteiger partial charge in [-0.05, 0) is 43.4 Å². The molecule has 0 atom stereocenters. The average molecular weight is 207 g/mol. The predicted molar refractivity (Wildman–Crippen MR) is 54.9 cm³/mol. The van der Waals surface area contributed by atoms with Crippen molar-refractivity contribution in [3.8, 4) is 0 Å². The van der Waals surface area contributed by atoms with Crippen molar-refractivity contribution in [1.29, 1.82) is 0 Å². The molecule has 0 radical (unpaired) electrons. The van der Waals surface area contributed by atoms with E-state index < -0.39 is 11.6 Å². The van der Waals surface area contributed by atoms with Crippen molar-refractivity contribution in [2.75, 3.05) is 0 Å². The van der Waals surface area contributed by atoms with Crippen LogP contribution in [0.15, 0.2) is 12.1 Å². The van der Waals surface area contributed by atoms with Crippen molar-refractivity contribution >= 4 is 10.9 Å². The van der Waals surface area contributed by atoms with Crippen LogP contribution < -0.4 is 0 Å². The maximum atomic E-state index is 13.6. The van der Waals surface area contributed by atoms with Crippen LogP contribution in [-0.2, 0) is 12.8 Å². The van der Waals surface area contributed by atoms with Crippen LogP contribution in [0.5, 0.6) is 0 Å². The first kappa shape index (κ1) is 8.89. The third-order valence-corrected chi connectivity index (χ3v) is 3.15. The highest BCUT2D eigenvalue weighted by molar-refractivity contribution is 5.85.